The molecule has 67 heavy (non-hydrogen) atoms. The van der Waals surface area contributed by atoms with E-state index in [-0.39, 0.29) is 25.8 Å². The first-order chi connectivity index (χ1) is 32.6. The summed E-state index contributed by atoms with van der Waals surface area (Å²) in [5.41, 5.74) is 0. The Morgan fingerprint density at radius 3 is 1.24 bits per heavy atom. The third-order valence-corrected chi connectivity index (χ3v) is 12.8. The van der Waals surface area contributed by atoms with Gasteiger partial charge in [0.2, 0.25) is 0 Å². The lowest BCUT2D eigenvalue weighted by Gasteiger charge is -2.24. The Morgan fingerprint density at radius 1 is 0.478 bits per heavy atom. The molecule has 0 amide bonds. The first-order valence-electron chi connectivity index (χ1n) is 27.7. The maximum atomic E-state index is 12.8. The van der Waals surface area contributed by atoms with Crippen molar-refractivity contribution in [3.63, 3.8) is 0 Å². The zero-order valence-electron chi connectivity index (χ0n) is 44.4. The van der Waals surface area contributed by atoms with E-state index in [1.165, 1.54) is 141 Å². The lowest BCUT2D eigenvalue weighted by Crippen LogP contribution is -2.37. The summed E-state index contributed by atoms with van der Waals surface area (Å²) in [7, 11) is 1.63. The van der Waals surface area contributed by atoms with Crippen molar-refractivity contribution in [3.8, 4) is 0 Å². The van der Waals surface area contributed by atoms with Crippen LogP contribution in [0.2, 0.25) is 0 Å². The highest BCUT2D eigenvalue weighted by Gasteiger charge is 2.26. The number of phosphoric acid groups is 1. The number of rotatable bonds is 51. The predicted molar refractivity (Wildman–Crippen MR) is 288 cm³/mol. The number of carbonyl (C=O) groups excluding carboxylic acids is 1. The largest absolute Gasteiger partial charge is 0.472 e. The molecular weight excluding hydrogens is 854 g/mol. The van der Waals surface area contributed by atoms with Crippen molar-refractivity contribution in [3.05, 3.63) is 72.9 Å². The molecule has 2 unspecified atom stereocenters. The molecule has 0 aromatic carbocycles. The number of esters is 1. The fraction of sp³-hybridized carbons (Fsp3) is 0.776. The van der Waals surface area contributed by atoms with Gasteiger partial charge in [0.05, 0.1) is 34.4 Å². The molecule has 0 aromatic rings. The summed E-state index contributed by atoms with van der Waals surface area (Å²) < 4.78 is 35.1. The van der Waals surface area contributed by atoms with Crippen LogP contribution in [0.15, 0.2) is 72.9 Å². The van der Waals surface area contributed by atoms with E-state index in [9.17, 15) is 14.3 Å². The Balaban J connectivity index is 4.15. The van der Waals surface area contributed by atoms with Crippen molar-refractivity contribution >= 4 is 13.8 Å². The topological polar surface area (TPSA) is 91.3 Å². The van der Waals surface area contributed by atoms with Gasteiger partial charge in [-0.05, 0) is 57.8 Å². The molecule has 0 fully saturated rings. The Labute approximate surface area is 414 Å². The number of likely N-dealkylation sites (N-methyl/N-ethyl adjacent to an activating group) is 1. The molecule has 2 atom stereocenters. The van der Waals surface area contributed by atoms with E-state index in [0.29, 0.717) is 24.1 Å². The average molecular weight is 961 g/mol. The van der Waals surface area contributed by atoms with Gasteiger partial charge in [0, 0.05) is 13.0 Å². The summed E-state index contributed by atoms with van der Waals surface area (Å²) >= 11 is 0. The highest BCUT2D eigenvalue weighted by atomic mass is 31.2. The zero-order chi connectivity index (χ0) is 49.0. The number of allylic oxidation sites excluding steroid dienone is 12. The summed E-state index contributed by atoms with van der Waals surface area (Å²) in [5, 5.41) is 0. The fourth-order valence-electron chi connectivity index (χ4n) is 7.57. The molecule has 0 aliphatic carbocycles. The molecule has 9 heteroatoms. The molecule has 1 N–H and O–H groups in total. The van der Waals surface area contributed by atoms with E-state index < -0.39 is 13.9 Å². The Morgan fingerprint density at radius 2 is 0.851 bits per heavy atom. The van der Waals surface area contributed by atoms with Gasteiger partial charge in [-0.25, -0.2) is 4.57 Å². The number of unbranched alkanes of at least 4 members (excludes halogenated alkanes) is 25. The second-order valence-corrected chi connectivity index (χ2v) is 21.0. The van der Waals surface area contributed by atoms with E-state index in [2.05, 4.69) is 86.8 Å². The first-order valence-corrected chi connectivity index (χ1v) is 29.2. The molecule has 0 rings (SSSR count). The third-order valence-electron chi connectivity index (χ3n) is 11.8. The van der Waals surface area contributed by atoms with Gasteiger partial charge in [0.15, 0.2) is 0 Å². The molecule has 0 radical (unpaired) electrons. The Bertz CT molecular complexity index is 1300. The minimum Gasteiger partial charge on any atom is -0.457 e. The van der Waals surface area contributed by atoms with Gasteiger partial charge in [-0.3, -0.25) is 13.8 Å². The number of carbonyl (C=O) groups is 1. The molecular formula is C58H107NO7P+. The molecule has 0 aromatic heterocycles. The highest BCUT2D eigenvalue weighted by molar-refractivity contribution is 7.47. The van der Waals surface area contributed by atoms with Crippen LogP contribution in [-0.4, -0.2) is 75.6 Å². The number of hydrogen-bond acceptors (Lipinski definition) is 6. The van der Waals surface area contributed by atoms with Crippen LogP contribution in [0.25, 0.3) is 0 Å². The normalized spacial score (nSPS) is 14.1. The molecule has 390 valence electrons. The summed E-state index contributed by atoms with van der Waals surface area (Å²) in [5.74, 6) is -0.331. The molecule has 0 aliphatic rings. The molecule has 0 aliphatic heterocycles. The van der Waals surface area contributed by atoms with Crippen molar-refractivity contribution in [2.24, 2.45) is 0 Å². The number of ether oxygens (including phenoxy) is 2. The highest BCUT2D eigenvalue weighted by Crippen LogP contribution is 2.43. The Kier molecular flexibility index (Phi) is 48.8. The van der Waals surface area contributed by atoms with Gasteiger partial charge in [0.25, 0.3) is 0 Å². The van der Waals surface area contributed by atoms with Crippen LogP contribution in [0.1, 0.15) is 232 Å². The van der Waals surface area contributed by atoms with Crippen molar-refractivity contribution in [1.82, 2.24) is 0 Å². The van der Waals surface area contributed by atoms with Crippen LogP contribution in [0, 0.1) is 0 Å². The van der Waals surface area contributed by atoms with Crippen molar-refractivity contribution in [1.29, 1.82) is 0 Å². The number of phosphoric ester groups is 1. The van der Waals surface area contributed by atoms with Crippen LogP contribution in [0.5, 0.6) is 0 Å². The van der Waals surface area contributed by atoms with Gasteiger partial charge in [-0.1, -0.05) is 241 Å². The number of quaternary nitrogens is 1. The summed E-state index contributed by atoms with van der Waals surface area (Å²) in [6.45, 7) is 5.38. The SMILES string of the molecule is CC/C=C\C/C=C\C/C=C\C/C=C\C/C=C\C/C=C\CCCOCC(COP(=O)(O)OCC[N+](C)(C)C)OC(=O)CCCCCCCCCCCCCCCCCCCCCCCCCCC. The van der Waals surface area contributed by atoms with Gasteiger partial charge >= 0.3 is 13.8 Å². The van der Waals surface area contributed by atoms with E-state index in [0.717, 1.165) is 70.6 Å². The van der Waals surface area contributed by atoms with Crippen LogP contribution >= 0.6 is 7.82 Å². The third kappa shape index (κ3) is 54.7. The summed E-state index contributed by atoms with van der Waals surface area (Å²) in [6.07, 6.45) is 67.0. The zero-order valence-corrected chi connectivity index (χ0v) is 45.3. The molecule has 0 heterocycles. The standard InChI is InChI=1S/C58H106NO7P/c1-6-8-10-12-14-16-18-20-22-24-26-28-29-30-31-32-33-35-37-39-41-43-45-47-49-51-58(60)66-57(56-65-67(61,62)64-54-52-59(3,4)5)55-63-53-50-48-46-44-42-40-38-36-34-27-25-23-21-19-17-15-13-11-9-7-2/h9,11,15,17,21,23,27,34,38,40,44,46,57H,6-8,10,12-14,16,18-20,22,24-26,28-33,35-37,39,41-43,45,47-56H2,1-5H3/p+1/b11-9-,17-15-,23-21-,34-27-,40-38-,46-44-. The summed E-state index contributed by atoms with van der Waals surface area (Å²) in [4.78, 5) is 23.0. The average Bonchev–Trinajstić information content (AvgIpc) is 3.29. The van der Waals surface area contributed by atoms with Crippen molar-refractivity contribution < 1.29 is 37.3 Å². The second-order valence-electron chi connectivity index (χ2n) is 19.6. The predicted octanol–water partition coefficient (Wildman–Crippen LogP) is 17.4. The molecule has 0 bridgehead atoms. The first kappa shape index (κ1) is 64.9. The number of hydrogen-bond donors (Lipinski definition) is 1. The smallest absolute Gasteiger partial charge is 0.457 e. The van der Waals surface area contributed by atoms with Crippen molar-refractivity contribution in [2.45, 2.75) is 238 Å². The minimum atomic E-state index is -4.30. The van der Waals surface area contributed by atoms with E-state index in [4.69, 9.17) is 18.5 Å². The molecule has 0 spiro atoms. The van der Waals surface area contributed by atoms with Crippen molar-refractivity contribution in [2.75, 3.05) is 54.1 Å². The minimum absolute atomic E-state index is 0.0758. The maximum Gasteiger partial charge on any atom is 0.472 e. The summed E-state index contributed by atoms with van der Waals surface area (Å²) in [6, 6.07) is 0. The van der Waals surface area contributed by atoms with Crippen LogP contribution in [-0.2, 0) is 27.9 Å². The fourth-order valence-corrected chi connectivity index (χ4v) is 8.31. The van der Waals surface area contributed by atoms with Crippen LogP contribution in [0.3, 0.4) is 0 Å². The van der Waals surface area contributed by atoms with Gasteiger partial charge < -0.3 is 18.9 Å². The lowest BCUT2D eigenvalue weighted by atomic mass is 10.0. The molecule has 0 saturated carbocycles. The van der Waals surface area contributed by atoms with E-state index in [1.807, 2.05) is 21.1 Å². The van der Waals surface area contributed by atoms with Gasteiger partial charge in [-0.15, -0.1) is 0 Å². The lowest BCUT2D eigenvalue weighted by molar-refractivity contribution is -0.870. The van der Waals surface area contributed by atoms with Crippen LogP contribution < -0.4 is 0 Å². The number of nitrogens with zero attached hydrogens (tertiary/aromatic N) is 1. The van der Waals surface area contributed by atoms with Gasteiger partial charge in [-0.2, -0.15) is 0 Å². The molecule has 0 saturated heterocycles. The molecule has 8 nitrogen and oxygen atoms in total. The second kappa shape index (κ2) is 50.3. The van der Waals surface area contributed by atoms with Crippen LogP contribution in [0.4, 0.5) is 0 Å². The van der Waals surface area contributed by atoms with Gasteiger partial charge in [0.1, 0.15) is 19.3 Å². The Hall–Kier alpha value is -2.06. The monoisotopic (exact) mass is 961 g/mol. The maximum absolute atomic E-state index is 12.8. The van der Waals surface area contributed by atoms with E-state index in [1.54, 1.807) is 0 Å². The van der Waals surface area contributed by atoms with E-state index >= 15 is 0 Å². The quantitative estimate of drug-likeness (QED) is 0.0213.